The zero-order chi connectivity index (χ0) is 19.1. The molecule has 6 heteroatoms. The molecule has 3 rings (SSSR count). The number of anilines is 1. The molecule has 0 saturated carbocycles. The van der Waals surface area contributed by atoms with Crippen molar-refractivity contribution < 1.29 is 4.79 Å². The summed E-state index contributed by atoms with van der Waals surface area (Å²) in [6.45, 7) is 7.64. The van der Waals surface area contributed by atoms with Gasteiger partial charge in [0.05, 0.1) is 0 Å². The molecule has 1 aliphatic heterocycles. The number of benzene rings is 1. The minimum atomic E-state index is -0.0326. The number of piperazine rings is 1. The Bertz CT molecular complexity index is 728. The standard InChI is InChI=1S/C21H29N5O/c1-3-4-10-24(2)21(27)19-15-20(23-17-22-19)26-13-11-25(12-14-26)16-18-8-6-5-7-9-18/h5-9,15,17H,3-4,10-14,16H2,1-2H3. The fourth-order valence-corrected chi connectivity index (χ4v) is 3.31. The number of amides is 1. The van der Waals surface area contributed by atoms with E-state index >= 15 is 0 Å². The van der Waals surface area contributed by atoms with Crippen LogP contribution in [0.5, 0.6) is 0 Å². The van der Waals surface area contributed by atoms with Gasteiger partial charge < -0.3 is 9.80 Å². The number of rotatable bonds is 7. The molecule has 1 aliphatic rings. The molecule has 144 valence electrons. The lowest BCUT2D eigenvalue weighted by atomic mass is 10.2. The second-order valence-corrected chi connectivity index (χ2v) is 7.09. The summed E-state index contributed by atoms with van der Waals surface area (Å²) < 4.78 is 0. The number of nitrogens with zero attached hydrogens (tertiary/aromatic N) is 5. The van der Waals surface area contributed by atoms with Crippen LogP contribution in [-0.4, -0.2) is 65.4 Å². The molecule has 1 amide bonds. The van der Waals surface area contributed by atoms with E-state index in [4.69, 9.17) is 0 Å². The second kappa shape index (κ2) is 9.46. The molecule has 6 nitrogen and oxygen atoms in total. The van der Waals surface area contributed by atoms with Crippen LogP contribution in [0.1, 0.15) is 35.8 Å². The SMILES string of the molecule is CCCCN(C)C(=O)c1cc(N2CCN(Cc3ccccc3)CC2)ncn1. The summed E-state index contributed by atoms with van der Waals surface area (Å²) in [4.78, 5) is 27.6. The van der Waals surface area contributed by atoms with Crippen LogP contribution < -0.4 is 4.90 Å². The molecule has 2 aromatic rings. The van der Waals surface area contributed by atoms with Crippen molar-refractivity contribution in [1.82, 2.24) is 19.8 Å². The summed E-state index contributed by atoms with van der Waals surface area (Å²) in [6.07, 6.45) is 3.58. The van der Waals surface area contributed by atoms with Gasteiger partial charge in [-0.2, -0.15) is 0 Å². The van der Waals surface area contributed by atoms with Gasteiger partial charge in [-0.3, -0.25) is 9.69 Å². The molecule has 0 bridgehead atoms. The molecular weight excluding hydrogens is 338 g/mol. The van der Waals surface area contributed by atoms with Gasteiger partial charge in [0.15, 0.2) is 0 Å². The van der Waals surface area contributed by atoms with E-state index in [1.807, 2.05) is 13.1 Å². The Morgan fingerprint density at radius 3 is 2.56 bits per heavy atom. The average Bonchev–Trinajstić information content (AvgIpc) is 2.73. The summed E-state index contributed by atoms with van der Waals surface area (Å²) in [5.74, 6) is 0.811. The fourth-order valence-electron chi connectivity index (χ4n) is 3.31. The van der Waals surface area contributed by atoms with E-state index in [1.165, 1.54) is 11.9 Å². The molecule has 1 fully saturated rings. The van der Waals surface area contributed by atoms with E-state index in [-0.39, 0.29) is 5.91 Å². The largest absolute Gasteiger partial charge is 0.354 e. The summed E-state index contributed by atoms with van der Waals surface area (Å²) in [5, 5.41) is 0. The maximum absolute atomic E-state index is 12.5. The topological polar surface area (TPSA) is 52.6 Å². The third kappa shape index (κ3) is 5.26. The highest BCUT2D eigenvalue weighted by Crippen LogP contribution is 2.16. The van der Waals surface area contributed by atoms with Crippen LogP contribution >= 0.6 is 0 Å². The van der Waals surface area contributed by atoms with Crippen LogP contribution in [0.2, 0.25) is 0 Å². The van der Waals surface area contributed by atoms with Crippen LogP contribution in [0.25, 0.3) is 0 Å². The first kappa shape index (κ1) is 19.3. The van der Waals surface area contributed by atoms with E-state index in [0.29, 0.717) is 5.69 Å². The first-order valence-corrected chi connectivity index (χ1v) is 9.76. The van der Waals surface area contributed by atoms with E-state index < -0.39 is 0 Å². The Morgan fingerprint density at radius 1 is 1.11 bits per heavy atom. The molecule has 2 heterocycles. The predicted octanol–water partition coefficient (Wildman–Crippen LogP) is 2.67. The van der Waals surface area contributed by atoms with Crippen LogP contribution in [0.3, 0.4) is 0 Å². The Labute approximate surface area is 161 Å². The van der Waals surface area contributed by atoms with E-state index in [9.17, 15) is 4.79 Å². The molecule has 0 radical (unpaired) electrons. The van der Waals surface area contributed by atoms with Gasteiger partial charge in [-0.1, -0.05) is 43.7 Å². The summed E-state index contributed by atoms with van der Waals surface area (Å²) in [5.41, 5.74) is 1.82. The Hall–Kier alpha value is -2.47. The van der Waals surface area contributed by atoms with Crippen molar-refractivity contribution in [1.29, 1.82) is 0 Å². The maximum atomic E-state index is 12.5. The second-order valence-electron chi connectivity index (χ2n) is 7.09. The zero-order valence-electron chi connectivity index (χ0n) is 16.3. The van der Waals surface area contributed by atoms with Crippen molar-refractivity contribution in [3.05, 3.63) is 54.0 Å². The number of hydrogen-bond acceptors (Lipinski definition) is 5. The first-order valence-electron chi connectivity index (χ1n) is 9.76. The molecule has 0 N–H and O–H groups in total. The number of carbonyl (C=O) groups is 1. The van der Waals surface area contributed by atoms with Crippen LogP contribution in [0.15, 0.2) is 42.7 Å². The van der Waals surface area contributed by atoms with Crippen molar-refractivity contribution >= 4 is 11.7 Å². The third-order valence-corrected chi connectivity index (χ3v) is 5.01. The smallest absolute Gasteiger partial charge is 0.272 e. The monoisotopic (exact) mass is 367 g/mol. The minimum absolute atomic E-state index is 0.0326. The molecule has 0 unspecified atom stereocenters. The third-order valence-electron chi connectivity index (χ3n) is 5.01. The summed E-state index contributed by atoms with van der Waals surface area (Å²) in [6, 6.07) is 12.4. The molecule has 27 heavy (non-hydrogen) atoms. The average molecular weight is 367 g/mol. The van der Waals surface area contributed by atoms with Crippen LogP contribution in [-0.2, 0) is 6.54 Å². The van der Waals surface area contributed by atoms with Gasteiger partial charge in [-0.05, 0) is 12.0 Å². The first-order chi connectivity index (χ1) is 13.2. The predicted molar refractivity (Wildman–Crippen MR) is 108 cm³/mol. The highest BCUT2D eigenvalue weighted by molar-refractivity contribution is 5.92. The van der Waals surface area contributed by atoms with E-state index in [2.05, 4.69) is 57.0 Å². The van der Waals surface area contributed by atoms with Crippen molar-refractivity contribution in [3.8, 4) is 0 Å². The minimum Gasteiger partial charge on any atom is -0.354 e. The van der Waals surface area contributed by atoms with Crippen LogP contribution in [0.4, 0.5) is 5.82 Å². The highest BCUT2D eigenvalue weighted by atomic mass is 16.2. The van der Waals surface area contributed by atoms with Gasteiger partial charge in [0.1, 0.15) is 17.8 Å². The van der Waals surface area contributed by atoms with Gasteiger partial charge in [0.25, 0.3) is 5.91 Å². The van der Waals surface area contributed by atoms with Gasteiger partial charge in [0, 0.05) is 52.4 Å². The quantitative estimate of drug-likeness (QED) is 0.753. The van der Waals surface area contributed by atoms with Gasteiger partial charge in [-0.25, -0.2) is 9.97 Å². The molecule has 1 saturated heterocycles. The Kier molecular flexibility index (Phi) is 6.76. The lowest BCUT2D eigenvalue weighted by molar-refractivity contribution is 0.0787. The number of aromatic nitrogens is 2. The molecule has 1 aromatic heterocycles. The normalized spacial score (nSPS) is 15.0. The Morgan fingerprint density at radius 2 is 1.85 bits per heavy atom. The van der Waals surface area contributed by atoms with Gasteiger partial charge >= 0.3 is 0 Å². The number of unbranched alkanes of at least 4 members (excludes halogenated alkanes) is 1. The van der Waals surface area contributed by atoms with Crippen molar-refractivity contribution in [3.63, 3.8) is 0 Å². The fraction of sp³-hybridized carbons (Fsp3) is 0.476. The van der Waals surface area contributed by atoms with E-state index in [1.54, 1.807) is 4.90 Å². The summed E-state index contributed by atoms with van der Waals surface area (Å²) >= 11 is 0. The molecule has 1 aromatic carbocycles. The lowest BCUT2D eigenvalue weighted by Crippen LogP contribution is -2.46. The molecule has 0 aliphatic carbocycles. The Balaban J connectivity index is 1.57. The van der Waals surface area contributed by atoms with Gasteiger partial charge in [-0.15, -0.1) is 0 Å². The molecular formula is C21H29N5O. The van der Waals surface area contributed by atoms with Crippen LogP contribution in [0, 0.1) is 0 Å². The summed E-state index contributed by atoms with van der Waals surface area (Å²) in [7, 11) is 1.84. The van der Waals surface area contributed by atoms with E-state index in [0.717, 1.165) is 57.9 Å². The maximum Gasteiger partial charge on any atom is 0.272 e. The van der Waals surface area contributed by atoms with Crippen molar-refractivity contribution in [2.45, 2.75) is 26.3 Å². The van der Waals surface area contributed by atoms with Crippen molar-refractivity contribution in [2.24, 2.45) is 0 Å². The number of hydrogen-bond donors (Lipinski definition) is 0. The highest BCUT2D eigenvalue weighted by Gasteiger charge is 2.20. The lowest BCUT2D eigenvalue weighted by Gasteiger charge is -2.35. The zero-order valence-corrected chi connectivity index (χ0v) is 16.3. The van der Waals surface area contributed by atoms with Crippen molar-refractivity contribution in [2.75, 3.05) is 44.7 Å². The van der Waals surface area contributed by atoms with Gasteiger partial charge in [0.2, 0.25) is 0 Å². The molecule has 0 spiro atoms. The number of carbonyl (C=O) groups excluding carboxylic acids is 1. The molecule has 0 atom stereocenters.